The molecular weight excluding hydrogens is 194 g/mol. The molecule has 1 aliphatic rings. The van der Waals surface area contributed by atoms with Gasteiger partial charge >= 0.3 is 5.97 Å². The van der Waals surface area contributed by atoms with Crippen molar-refractivity contribution in [3.05, 3.63) is 0 Å². The highest BCUT2D eigenvalue weighted by Crippen LogP contribution is 2.13. The third kappa shape index (κ3) is 3.80. The Morgan fingerprint density at radius 3 is 2.73 bits per heavy atom. The van der Waals surface area contributed by atoms with Gasteiger partial charge in [0.05, 0.1) is 6.61 Å². The highest BCUT2D eigenvalue weighted by Gasteiger charge is 2.26. The maximum absolute atomic E-state index is 10.8. The van der Waals surface area contributed by atoms with Crippen molar-refractivity contribution in [1.82, 2.24) is 4.90 Å². The minimum Gasteiger partial charge on any atom is -0.479 e. The Bertz CT molecular complexity index is 204. The predicted molar refractivity (Wildman–Crippen MR) is 57.9 cm³/mol. The number of hydrogen-bond acceptors (Lipinski definition) is 3. The Balaban J connectivity index is 2.38. The van der Waals surface area contributed by atoms with Gasteiger partial charge in [0.2, 0.25) is 0 Å². The van der Waals surface area contributed by atoms with Crippen molar-refractivity contribution in [3.63, 3.8) is 0 Å². The van der Waals surface area contributed by atoms with Crippen LogP contribution in [-0.4, -0.2) is 48.3 Å². The number of morpholine rings is 1. The quantitative estimate of drug-likeness (QED) is 0.749. The van der Waals surface area contributed by atoms with Gasteiger partial charge in [-0.25, -0.2) is 4.79 Å². The second kappa shape index (κ2) is 6.08. The number of carbonyl (C=O) groups is 1. The van der Waals surface area contributed by atoms with Crippen molar-refractivity contribution in [2.24, 2.45) is 5.92 Å². The number of nitrogens with zero attached hydrogens (tertiary/aromatic N) is 1. The van der Waals surface area contributed by atoms with E-state index in [1.165, 1.54) is 0 Å². The van der Waals surface area contributed by atoms with Gasteiger partial charge in [0.25, 0.3) is 0 Å². The largest absolute Gasteiger partial charge is 0.479 e. The lowest BCUT2D eigenvalue weighted by molar-refractivity contribution is -0.156. The number of rotatable bonds is 5. The van der Waals surface area contributed by atoms with Gasteiger partial charge in [-0.3, -0.25) is 4.90 Å². The molecule has 1 unspecified atom stereocenters. The highest BCUT2D eigenvalue weighted by molar-refractivity contribution is 5.72. The zero-order valence-electron chi connectivity index (χ0n) is 9.61. The highest BCUT2D eigenvalue weighted by atomic mass is 16.5. The van der Waals surface area contributed by atoms with Gasteiger partial charge < -0.3 is 9.84 Å². The normalized spacial score (nSPS) is 23.3. The van der Waals surface area contributed by atoms with Crippen LogP contribution in [0.3, 0.4) is 0 Å². The van der Waals surface area contributed by atoms with Gasteiger partial charge in [0.15, 0.2) is 6.10 Å². The minimum absolute atomic E-state index is 0.534. The van der Waals surface area contributed by atoms with E-state index in [4.69, 9.17) is 9.84 Å². The van der Waals surface area contributed by atoms with Gasteiger partial charge in [0.1, 0.15) is 0 Å². The van der Waals surface area contributed by atoms with Crippen LogP contribution >= 0.6 is 0 Å². The number of aliphatic carboxylic acids is 1. The van der Waals surface area contributed by atoms with Crippen LogP contribution < -0.4 is 0 Å². The molecule has 1 saturated heterocycles. The summed E-state index contributed by atoms with van der Waals surface area (Å²) in [7, 11) is 0. The van der Waals surface area contributed by atoms with Crippen LogP contribution in [0.2, 0.25) is 0 Å². The molecule has 0 saturated carbocycles. The number of ether oxygens (including phenoxy) is 1. The van der Waals surface area contributed by atoms with Crippen LogP contribution in [0, 0.1) is 5.92 Å². The van der Waals surface area contributed by atoms with Crippen LogP contribution in [-0.2, 0) is 9.53 Å². The van der Waals surface area contributed by atoms with Crippen molar-refractivity contribution in [3.8, 4) is 0 Å². The lowest BCUT2D eigenvalue weighted by Gasteiger charge is -2.32. The second-order valence-corrected chi connectivity index (χ2v) is 4.14. The summed E-state index contributed by atoms with van der Waals surface area (Å²) < 4.78 is 5.18. The molecule has 0 amide bonds. The Morgan fingerprint density at radius 1 is 1.53 bits per heavy atom. The Morgan fingerprint density at radius 2 is 2.20 bits per heavy atom. The van der Waals surface area contributed by atoms with E-state index in [0.29, 0.717) is 19.1 Å². The predicted octanol–water partition coefficient (Wildman–Crippen LogP) is 1.21. The summed E-state index contributed by atoms with van der Waals surface area (Å²) in [4.78, 5) is 13.0. The second-order valence-electron chi connectivity index (χ2n) is 4.14. The molecule has 1 N–H and O–H groups in total. The Kier molecular flexibility index (Phi) is 5.05. The first-order valence-electron chi connectivity index (χ1n) is 5.74. The van der Waals surface area contributed by atoms with Crippen molar-refractivity contribution in [1.29, 1.82) is 0 Å². The number of carboxylic acids is 1. The lowest BCUT2D eigenvalue weighted by Crippen LogP contribution is -2.47. The lowest BCUT2D eigenvalue weighted by atomic mass is 10.0. The molecule has 1 rings (SSSR count). The molecule has 88 valence electrons. The zero-order valence-corrected chi connectivity index (χ0v) is 9.61. The average Bonchev–Trinajstić information content (AvgIpc) is 2.26. The molecule has 0 spiro atoms. The van der Waals surface area contributed by atoms with Gasteiger partial charge in [-0.05, 0) is 5.92 Å². The van der Waals surface area contributed by atoms with Gasteiger partial charge in [-0.2, -0.15) is 0 Å². The topological polar surface area (TPSA) is 49.8 Å². The van der Waals surface area contributed by atoms with E-state index >= 15 is 0 Å². The van der Waals surface area contributed by atoms with E-state index in [1.807, 2.05) is 0 Å². The first-order valence-corrected chi connectivity index (χ1v) is 5.74. The molecule has 0 aliphatic carbocycles. The smallest absolute Gasteiger partial charge is 0.334 e. The van der Waals surface area contributed by atoms with E-state index < -0.39 is 12.1 Å². The van der Waals surface area contributed by atoms with Crippen LogP contribution in [0.1, 0.15) is 26.7 Å². The molecule has 0 bridgehead atoms. The van der Waals surface area contributed by atoms with E-state index in [2.05, 4.69) is 18.7 Å². The Labute approximate surface area is 91.2 Å². The molecule has 1 heterocycles. The van der Waals surface area contributed by atoms with Crippen molar-refractivity contribution in [2.45, 2.75) is 32.8 Å². The fourth-order valence-corrected chi connectivity index (χ4v) is 1.93. The standard InChI is InChI=1S/C11H21NO3/c1-3-9(4-2)7-12-5-6-15-10(8-12)11(13)14/h9-10H,3-8H2,1-2H3,(H,13,14). The van der Waals surface area contributed by atoms with Crippen molar-refractivity contribution >= 4 is 5.97 Å². The van der Waals surface area contributed by atoms with Crippen molar-refractivity contribution in [2.75, 3.05) is 26.2 Å². The first kappa shape index (κ1) is 12.5. The van der Waals surface area contributed by atoms with Gasteiger partial charge in [0, 0.05) is 19.6 Å². The summed E-state index contributed by atoms with van der Waals surface area (Å²) >= 11 is 0. The maximum Gasteiger partial charge on any atom is 0.334 e. The third-order valence-corrected chi connectivity index (χ3v) is 3.10. The minimum atomic E-state index is -0.843. The summed E-state index contributed by atoms with van der Waals surface area (Å²) in [5, 5.41) is 8.85. The van der Waals surface area contributed by atoms with Crippen LogP contribution in [0.25, 0.3) is 0 Å². The van der Waals surface area contributed by atoms with E-state index in [-0.39, 0.29) is 0 Å². The molecule has 0 aromatic heterocycles. The van der Waals surface area contributed by atoms with Crippen LogP contribution in [0.4, 0.5) is 0 Å². The monoisotopic (exact) mass is 215 g/mol. The summed E-state index contributed by atoms with van der Waals surface area (Å²) in [5.74, 6) is -0.165. The summed E-state index contributed by atoms with van der Waals surface area (Å²) in [6.45, 7) is 7.30. The molecule has 1 atom stereocenters. The van der Waals surface area contributed by atoms with Crippen LogP contribution in [0.15, 0.2) is 0 Å². The number of carboxylic acid groups (broad SMARTS) is 1. The molecule has 4 nitrogen and oxygen atoms in total. The SMILES string of the molecule is CCC(CC)CN1CCOC(C(=O)O)C1. The average molecular weight is 215 g/mol. The Hall–Kier alpha value is -0.610. The van der Waals surface area contributed by atoms with Crippen molar-refractivity contribution < 1.29 is 14.6 Å². The molecule has 1 aliphatic heterocycles. The molecular formula is C11H21NO3. The maximum atomic E-state index is 10.8. The fourth-order valence-electron chi connectivity index (χ4n) is 1.93. The summed E-state index contributed by atoms with van der Waals surface area (Å²) in [6.07, 6.45) is 1.69. The fraction of sp³-hybridized carbons (Fsp3) is 0.909. The molecule has 0 aromatic carbocycles. The number of hydrogen-bond donors (Lipinski definition) is 1. The summed E-state index contributed by atoms with van der Waals surface area (Å²) in [5.41, 5.74) is 0. The molecule has 15 heavy (non-hydrogen) atoms. The molecule has 4 heteroatoms. The molecule has 1 fully saturated rings. The van der Waals surface area contributed by atoms with E-state index in [1.54, 1.807) is 0 Å². The van der Waals surface area contributed by atoms with Crippen LogP contribution in [0.5, 0.6) is 0 Å². The van der Waals surface area contributed by atoms with E-state index in [9.17, 15) is 4.79 Å². The first-order chi connectivity index (χ1) is 7.17. The van der Waals surface area contributed by atoms with Gasteiger partial charge in [-0.15, -0.1) is 0 Å². The zero-order chi connectivity index (χ0) is 11.3. The molecule has 0 aromatic rings. The third-order valence-electron chi connectivity index (χ3n) is 3.10. The molecule has 0 radical (unpaired) electrons. The van der Waals surface area contributed by atoms with Gasteiger partial charge in [-0.1, -0.05) is 26.7 Å². The van der Waals surface area contributed by atoms with E-state index in [0.717, 1.165) is 25.9 Å². The summed E-state index contributed by atoms with van der Waals surface area (Å²) in [6, 6.07) is 0.